The summed E-state index contributed by atoms with van der Waals surface area (Å²) in [6.07, 6.45) is 4.51. The van der Waals surface area contributed by atoms with E-state index in [-0.39, 0.29) is 16.4 Å². The maximum atomic E-state index is 13.7. The molecule has 6 heteroatoms. The summed E-state index contributed by atoms with van der Waals surface area (Å²) < 4.78 is 13.7. The molecule has 2 aromatic rings. The van der Waals surface area contributed by atoms with Crippen molar-refractivity contribution in [3.05, 3.63) is 87.9 Å². The maximum Gasteiger partial charge on any atom is 0.272 e. The fourth-order valence-corrected chi connectivity index (χ4v) is 3.13. The number of para-hydroxylation sites is 1. The molecule has 0 amide bonds. The Hall–Kier alpha value is -2.73. The van der Waals surface area contributed by atoms with Gasteiger partial charge in [-0.2, -0.15) is 0 Å². The van der Waals surface area contributed by atoms with Crippen molar-refractivity contribution in [1.29, 1.82) is 0 Å². The zero-order valence-electron chi connectivity index (χ0n) is 14.6. The number of hydrogen-bond acceptors (Lipinski definition) is 4. The number of nitro benzene ring substituents is 1. The smallest absolute Gasteiger partial charge is 0.272 e. The molecule has 0 radical (unpaired) electrons. The first kappa shape index (κ1) is 18.1. The number of nitro groups is 1. The van der Waals surface area contributed by atoms with Crippen molar-refractivity contribution in [2.75, 3.05) is 26.2 Å². The molecule has 1 saturated heterocycles. The molecule has 3 rings (SSSR count). The van der Waals surface area contributed by atoms with E-state index >= 15 is 0 Å². The van der Waals surface area contributed by atoms with Crippen LogP contribution in [0.15, 0.2) is 60.8 Å². The SMILES string of the molecule is O=[N+]([O-])c1ccccc1CC=CN1CCN(Cc2ccccc2F)CC1. The summed E-state index contributed by atoms with van der Waals surface area (Å²) in [6.45, 7) is 4.08. The van der Waals surface area contributed by atoms with E-state index < -0.39 is 0 Å². The van der Waals surface area contributed by atoms with E-state index in [9.17, 15) is 14.5 Å². The monoisotopic (exact) mass is 355 g/mol. The lowest BCUT2D eigenvalue weighted by Crippen LogP contribution is -2.43. The predicted octanol–water partition coefficient (Wildman–Crippen LogP) is 3.61. The van der Waals surface area contributed by atoms with Crippen LogP contribution in [0, 0.1) is 15.9 Å². The van der Waals surface area contributed by atoms with Gasteiger partial charge >= 0.3 is 0 Å². The zero-order valence-corrected chi connectivity index (χ0v) is 14.6. The van der Waals surface area contributed by atoms with Gasteiger partial charge in [0.2, 0.25) is 0 Å². The summed E-state index contributed by atoms with van der Waals surface area (Å²) in [5, 5.41) is 11.0. The minimum atomic E-state index is -0.343. The van der Waals surface area contributed by atoms with Gasteiger partial charge in [0.1, 0.15) is 5.82 Å². The van der Waals surface area contributed by atoms with E-state index in [4.69, 9.17) is 0 Å². The molecule has 0 spiro atoms. The van der Waals surface area contributed by atoms with Crippen LogP contribution < -0.4 is 0 Å². The molecule has 1 fully saturated rings. The molecule has 136 valence electrons. The van der Waals surface area contributed by atoms with Crippen molar-refractivity contribution in [2.45, 2.75) is 13.0 Å². The minimum absolute atomic E-state index is 0.153. The third-order valence-corrected chi connectivity index (χ3v) is 4.60. The summed E-state index contributed by atoms with van der Waals surface area (Å²) in [4.78, 5) is 15.1. The fourth-order valence-electron chi connectivity index (χ4n) is 3.13. The highest BCUT2D eigenvalue weighted by Gasteiger charge is 2.16. The number of halogens is 1. The fraction of sp³-hybridized carbons (Fsp3) is 0.300. The lowest BCUT2D eigenvalue weighted by atomic mass is 10.1. The van der Waals surface area contributed by atoms with Crippen LogP contribution in [-0.4, -0.2) is 40.9 Å². The van der Waals surface area contributed by atoms with E-state index in [2.05, 4.69) is 9.80 Å². The van der Waals surface area contributed by atoms with E-state index in [1.807, 2.05) is 30.5 Å². The second-order valence-electron chi connectivity index (χ2n) is 6.38. The lowest BCUT2D eigenvalue weighted by Gasteiger charge is -2.34. The Morgan fingerprint density at radius 2 is 1.65 bits per heavy atom. The number of rotatable bonds is 6. The van der Waals surface area contributed by atoms with Crippen LogP contribution >= 0.6 is 0 Å². The Morgan fingerprint density at radius 1 is 1.00 bits per heavy atom. The molecule has 2 aromatic carbocycles. The van der Waals surface area contributed by atoms with Crippen LogP contribution in [-0.2, 0) is 13.0 Å². The average Bonchev–Trinajstić information content (AvgIpc) is 2.65. The molecular weight excluding hydrogens is 333 g/mol. The van der Waals surface area contributed by atoms with Crippen molar-refractivity contribution in [3.8, 4) is 0 Å². The topological polar surface area (TPSA) is 49.6 Å². The number of piperazine rings is 1. The van der Waals surface area contributed by atoms with Crippen LogP contribution in [0.25, 0.3) is 0 Å². The highest BCUT2D eigenvalue weighted by atomic mass is 19.1. The van der Waals surface area contributed by atoms with Crippen LogP contribution in [0.2, 0.25) is 0 Å². The van der Waals surface area contributed by atoms with E-state index in [1.165, 1.54) is 12.1 Å². The molecule has 1 aliphatic heterocycles. The molecule has 0 bridgehead atoms. The predicted molar refractivity (Wildman–Crippen MR) is 99.2 cm³/mol. The summed E-state index contributed by atoms with van der Waals surface area (Å²) in [7, 11) is 0. The molecule has 1 aliphatic rings. The highest BCUT2D eigenvalue weighted by molar-refractivity contribution is 5.40. The Morgan fingerprint density at radius 3 is 2.35 bits per heavy atom. The van der Waals surface area contributed by atoms with Crippen LogP contribution in [0.3, 0.4) is 0 Å². The molecule has 0 unspecified atom stereocenters. The van der Waals surface area contributed by atoms with E-state index in [0.717, 1.165) is 31.7 Å². The van der Waals surface area contributed by atoms with Crippen molar-refractivity contribution >= 4 is 5.69 Å². The van der Waals surface area contributed by atoms with Gasteiger partial charge < -0.3 is 4.90 Å². The maximum absolute atomic E-state index is 13.7. The van der Waals surface area contributed by atoms with Gasteiger partial charge in [0.05, 0.1) is 4.92 Å². The van der Waals surface area contributed by atoms with Crippen molar-refractivity contribution in [1.82, 2.24) is 9.80 Å². The second-order valence-corrected chi connectivity index (χ2v) is 6.38. The average molecular weight is 355 g/mol. The molecule has 26 heavy (non-hydrogen) atoms. The standard InChI is InChI=1S/C20H22FN3O2/c21-19-9-3-1-7-18(19)16-23-14-12-22(13-15-23)11-5-8-17-6-2-4-10-20(17)24(25)26/h1-7,9-11H,8,12-16H2. The van der Waals surface area contributed by atoms with Gasteiger partial charge in [-0.05, 0) is 18.7 Å². The lowest BCUT2D eigenvalue weighted by molar-refractivity contribution is -0.385. The quantitative estimate of drug-likeness (QED) is 0.587. The Labute approximate surface area is 152 Å². The summed E-state index contributed by atoms with van der Waals surface area (Å²) in [6, 6.07) is 13.7. The highest BCUT2D eigenvalue weighted by Crippen LogP contribution is 2.18. The van der Waals surface area contributed by atoms with Gasteiger partial charge in [0.15, 0.2) is 0 Å². The number of benzene rings is 2. The van der Waals surface area contributed by atoms with Gasteiger partial charge in [-0.1, -0.05) is 42.5 Å². The molecule has 0 aliphatic carbocycles. The van der Waals surface area contributed by atoms with Gasteiger partial charge in [0, 0.05) is 49.9 Å². The summed E-state index contributed by atoms with van der Waals surface area (Å²) >= 11 is 0. The largest absolute Gasteiger partial charge is 0.375 e. The van der Waals surface area contributed by atoms with Crippen LogP contribution in [0.4, 0.5) is 10.1 Å². The summed E-state index contributed by atoms with van der Waals surface area (Å²) in [5.74, 6) is -0.153. The Bertz CT molecular complexity index is 786. The number of allylic oxidation sites excluding steroid dienone is 1. The molecular formula is C20H22FN3O2. The van der Waals surface area contributed by atoms with Crippen molar-refractivity contribution < 1.29 is 9.31 Å². The van der Waals surface area contributed by atoms with Gasteiger partial charge in [-0.25, -0.2) is 4.39 Å². The molecule has 0 atom stereocenters. The third kappa shape index (κ3) is 4.67. The first-order valence-electron chi connectivity index (χ1n) is 8.72. The van der Waals surface area contributed by atoms with E-state index in [0.29, 0.717) is 18.5 Å². The molecule has 0 aromatic heterocycles. The van der Waals surface area contributed by atoms with Gasteiger partial charge in [-0.15, -0.1) is 0 Å². The molecule has 0 N–H and O–H groups in total. The first-order chi connectivity index (χ1) is 12.6. The van der Waals surface area contributed by atoms with Crippen LogP contribution in [0.5, 0.6) is 0 Å². The van der Waals surface area contributed by atoms with Crippen LogP contribution in [0.1, 0.15) is 11.1 Å². The second kappa shape index (κ2) is 8.58. The van der Waals surface area contributed by atoms with E-state index in [1.54, 1.807) is 18.2 Å². The number of nitrogens with zero attached hydrogens (tertiary/aromatic N) is 3. The normalized spacial score (nSPS) is 15.5. The Balaban J connectivity index is 1.49. The third-order valence-electron chi connectivity index (χ3n) is 4.60. The molecule has 0 saturated carbocycles. The zero-order chi connectivity index (χ0) is 18.4. The number of hydrogen-bond donors (Lipinski definition) is 0. The van der Waals surface area contributed by atoms with Gasteiger partial charge in [-0.3, -0.25) is 15.0 Å². The molecule has 5 nitrogen and oxygen atoms in total. The first-order valence-corrected chi connectivity index (χ1v) is 8.72. The summed E-state index contributed by atoms with van der Waals surface area (Å²) in [5.41, 5.74) is 1.60. The van der Waals surface area contributed by atoms with Crippen molar-refractivity contribution in [2.24, 2.45) is 0 Å². The Kier molecular flexibility index (Phi) is 5.96. The molecule has 1 heterocycles. The van der Waals surface area contributed by atoms with Crippen molar-refractivity contribution in [3.63, 3.8) is 0 Å². The minimum Gasteiger partial charge on any atom is -0.375 e. The van der Waals surface area contributed by atoms with Gasteiger partial charge in [0.25, 0.3) is 5.69 Å².